The van der Waals surface area contributed by atoms with Gasteiger partial charge in [-0.1, -0.05) is 51.7 Å². The molecule has 0 amide bonds. The zero-order valence-corrected chi connectivity index (χ0v) is 11.9. The SMILES string of the molecule is CCCCCCc1c(CCC)cccc1OC(=O)O. The van der Waals surface area contributed by atoms with E-state index in [-0.39, 0.29) is 0 Å². The number of benzene rings is 1. The van der Waals surface area contributed by atoms with Crippen molar-refractivity contribution in [1.29, 1.82) is 0 Å². The van der Waals surface area contributed by atoms with E-state index >= 15 is 0 Å². The second-order valence-corrected chi connectivity index (χ2v) is 4.82. The fraction of sp³-hybridized carbons (Fsp3) is 0.562. The number of carboxylic acid groups (broad SMARTS) is 1. The maximum absolute atomic E-state index is 10.7. The van der Waals surface area contributed by atoms with Gasteiger partial charge in [-0.15, -0.1) is 0 Å². The fourth-order valence-electron chi connectivity index (χ4n) is 2.32. The Kier molecular flexibility index (Phi) is 7.01. The van der Waals surface area contributed by atoms with Crippen LogP contribution in [0.25, 0.3) is 0 Å². The van der Waals surface area contributed by atoms with Gasteiger partial charge in [0.1, 0.15) is 5.75 Å². The maximum Gasteiger partial charge on any atom is 0.511 e. The number of hydrogen-bond donors (Lipinski definition) is 1. The molecule has 106 valence electrons. The van der Waals surface area contributed by atoms with E-state index in [1.807, 2.05) is 6.07 Å². The summed E-state index contributed by atoms with van der Waals surface area (Å²) in [5.41, 5.74) is 2.29. The molecule has 0 aromatic heterocycles. The van der Waals surface area contributed by atoms with Crippen LogP contribution in [-0.4, -0.2) is 11.3 Å². The van der Waals surface area contributed by atoms with Gasteiger partial charge in [-0.25, -0.2) is 4.79 Å². The van der Waals surface area contributed by atoms with Gasteiger partial charge in [0, 0.05) is 0 Å². The van der Waals surface area contributed by atoms with E-state index in [0.29, 0.717) is 5.75 Å². The van der Waals surface area contributed by atoms with Gasteiger partial charge in [0.2, 0.25) is 0 Å². The van der Waals surface area contributed by atoms with Crippen molar-refractivity contribution in [3.05, 3.63) is 29.3 Å². The molecule has 0 radical (unpaired) electrons. The molecule has 1 rings (SSSR count). The second kappa shape index (κ2) is 8.57. The Labute approximate surface area is 115 Å². The predicted octanol–water partition coefficient (Wildman–Crippen LogP) is 4.82. The van der Waals surface area contributed by atoms with E-state index < -0.39 is 6.16 Å². The lowest BCUT2D eigenvalue weighted by molar-refractivity contribution is 0.144. The topological polar surface area (TPSA) is 46.5 Å². The Morgan fingerprint density at radius 3 is 2.53 bits per heavy atom. The quantitative estimate of drug-likeness (QED) is 0.416. The van der Waals surface area contributed by atoms with Gasteiger partial charge in [-0.3, -0.25) is 0 Å². The Hall–Kier alpha value is -1.51. The summed E-state index contributed by atoms with van der Waals surface area (Å²) in [7, 11) is 0. The van der Waals surface area contributed by atoms with Crippen LogP contribution in [0.1, 0.15) is 57.1 Å². The number of hydrogen-bond acceptors (Lipinski definition) is 2. The molecule has 1 N–H and O–H groups in total. The van der Waals surface area contributed by atoms with Gasteiger partial charge < -0.3 is 9.84 Å². The molecule has 0 spiro atoms. The van der Waals surface area contributed by atoms with Crippen molar-refractivity contribution in [1.82, 2.24) is 0 Å². The van der Waals surface area contributed by atoms with Crippen LogP contribution in [0, 0.1) is 0 Å². The third-order valence-corrected chi connectivity index (χ3v) is 3.23. The van der Waals surface area contributed by atoms with Crippen LogP contribution >= 0.6 is 0 Å². The molecule has 0 unspecified atom stereocenters. The zero-order chi connectivity index (χ0) is 14.1. The van der Waals surface area contributed by atoms with E-state index in [4.69, 9.17) is 9.84 Å². The van der Waals surface area contributed by atoms with Crippen molar-refractivity contribution in [3.63, 3.8) is 0 Å². The van der Waals surface area contributed by atoms with Crippen molar-refractivity contribution >= 4 is 6.16 Å². The molecule has 1 aromatic carbocycles. The Morgan fingerprint density at radius 1 is 1.11 bits per heavy atom. The summed E-state index contributed by atoms with van der Waals surface area (Å²) in [4.78, 5) is 10.7. The fourth-order valence-corrected chi connectivity index (χ4v) is 2.32. The summed E-state index contributed by atoms with van der Waals surface area (Å²) >= 11 is 0. The van der Waals surface area contributed by atoms with Gasteiger partial charge in [-0.2, -0.15) is 0 Å². The number of rotatable bonds is 8. The highest BCUT2D eigenvalue weighted by atomic mass is 16.7. The van der Waals surface area contributed by atoms with Gasteiger partial charge in [0.05, 0.1) is 0 Å². The van der Waals surface area contributed by atoms with E-state index in [1.54, 1.807) is 6.07 Å². The monoisotopic (exact) mass is 264 g/mol. The van der Waals surface area contributed by atoms with E-state index in [0.717, 1.165) is 31.2 Å². The molecule has 1 aromatic rings. The summed E-state index contributed by atoms with van der Waals surface area (Å²) in [6, 6.07) is 5.70. The standard InChI is InChI=1S/C16H24O3/c1-3-5-6-7-11-14-13(9-4-2)10-8-12-15(14)19-16(17)18/h8,10,12H,3-7,9,11H2,1-2H3,(H,17,18). The third-order valence-electron chi connectivity index (χ3n) is 3.23. The van der Waals surface area contributed by atoms with Gasteiger partial charge >= 0.3 is 6.16 Å². The first kappa shape index (κ1) is 15.5. The van der Waals surface area contributed by atoms with Crippen LogP contribution in [-0.2, 0) is 12.8 Å². The minimum absolute atomic E-state index is 0.509. The van der Waals surface area contributed by atoms with Gasteiger partial charge in [-0.05, 0) is 36.5 Å². The Morgan fingerprint density at radius 2 is 1.89 bits per heavy atom. The summed E-state index contributed by atoms with van der Waals surface area (Å²) in [6.07, 6.45) is 6.40. The van der Waals surface area contributed by atoms with Crippen LogP contribution in [0.3, 0.4) is 0 Å². The molecule has 0 fully saturated rings. The highest BCUT2D eigenvalue weighted by Gasteiger charge is 2.11. The largest absolute Gasteiger partial charge is 0.511 e. The van der Waals surface area contributed by atoms with E-state index in [9.17, 15) is 4.79 Å². The first-order valence-corrected chi connectivity index (χ1v) is 7.20. The van der Waals surface area contributed by atoms with Crippen molar-refractivity contribution in [2.24, 2.45) is 0 Å². The highest BCUT2D eigenvalue weighted by Crippen LogP contribution is 2.26. The van der Waals surface area contributed by atoms with Gasteiger partial charge in [0.25, 0.3) is 0 Å². The number of aryl methyl sites for hydroxylation is 1. The summed E-state index contributed by atoms with van der Waals surface area (Å²) in [6.45, 7) is 4.32. The second-order valence-electron chi connectivity index (χ2n) is 4.82. The molecule has 0 heterocycles. The van der Waals surface area contributed by atoms with Crippen LogP contribution < -0.4 is 4.74 Å². The molecule has 0 atom stereocenters. The normalized spacial score (nSPS) is 10.4. The van der Waals surface area contributed by atoms with Crippen molar-refractivity contribution in [2.45, 2.75) is 58.8 Å². The van der Waals surface area contributed by atoms with E-state index in [1.165, 1.54) is 24.8 Å². The van der Waals surface area contributed by atoms with Crippen LogP contribution in [0.5, 0.6) is 5.75 Å². The van der Waals surface area contributed by atoms with Crippen molar-refractivity contribution < 1.29 is 14.6 Å². The maximum atomic E-state index is 10.7. The zero-order valence-electron chi connectivity index (χ0n) is 11.9. The van der Waals surface area contributed by atoms with Crippen LogP contribution in [0.4, 0.5) is 4.79 Å². The molecule has 0 aliphatic heterocycles. The average Bonchev–Trinajstić information content (AvgIpc) is 2.37. The third kappa shape index (κ3) is 5.33. The molecule has 0 aliphatic carbocycles. The summed E-state index contributed by atoms with van der Waals surface area (Å²) in [5.74, 6) is 0.509. The first-order valence-electron chi connectivity index (χ1n) is 7.20. The molecule has 19 heavy (non-hydrogen) atoms. The van der Waals surface area contributed by atoms with Gasteiger partial charge in [0.15, 0.2) is 0 Å². The lowest BCUT2D eigenvalue weighted by Gasteiger charge is -2.13. The molecule has 3 heteroatoms. The minimum Gasteiger partial charge on any atom is -0.449 e. The van der Waals surface area contributed by atoms with Crippen molar-refractivity contribution in [3.8, 4) is 5.75 Å². The average molecular weight is 264 g/mol. The predicted molar refractivity (Wildman–Crippen MR) is 76.9 cm³/mol. The summed E-state index contributed by atoms with van der Waals surface area (Å²) in [5, 5.41) is 8.80. The molecule has 0 bridgehead atoms. The molecule has 0 saturated carbocycles. The smallest absolute Gasteiger partial charge is 0.449 e. The molecular weight excluding hydrogens is 240 g/mol. The van der Waals surface area contributed by atoms with Crippen LogP contribution in [0.2, 0.25) is 0 Å². The number of carbonyl (C=O) groups is 1. The highest BCUT2D eigenvalue weighted by molar-refractivity contribution is 5.62. The lowest BCUT2D eigenvalue weighted by atomic mass is 9.97. The lowest BCUT2D eigenvalue weighted by Crippen LogP contribution is -2.07. The van der Waals surface area contributed by atoms with Crippen LogP contribution in [0.15, 0.2) is 18.2 Å². The molecular formula is C16H24O3. The van der Waals surface area contributed by atoms with E-state index in [2.05, 4.69) is 19.9 Å². The Bertz CT molecular complexity index is 399. The Balaban J connectivity index is 2.83. The molecule has 0 aliphatic rings. The molecule has 3 nitrogen and oxygen atoms in total. The molecule has 0 saturated heterocycles. The van der Waals surface area contributed by atoms with Crippen molar-refractivity contribution in [2.75, 3.05) is 0 Å². The number of ether oxygens (including phenoxy) is 1. The number of unbranched alkanes of at least 4 members (excludes halogenated alkanes) is 3. The summed E-state index contributed by atoms with van der Waals surface area (Å²) < 4.78 is 4.91. The minimum atomic E-state index is -1.23. The first-order chi connectivity index (χ1) is 9.19.